The Hall–Kier alpha value is -0.120. The Kier molecular flexibility index (Phi) is 3.10. The Morgan fingerprint density at radius 1 is 1.36 bits per heavy atom. The van der Waals surface area contributed by atoms with Crippen LogP contribution in [-0.4, -0.2) is 50.8 Å². The maximum Gasteiger partial charge on any atom is 0.0545 e. The van der Waals surface area contributed by atoms with E-state index in [-0.39, 0.29) is 0 Å². The van der Waals surface area contributed by atoms with Crippen molar-refractivity contribution in [2.24, 2.45) is 11.3 Å². The largest absolute Gasteiger partial charge is 0.380 e. The van der Waals surface area contributed by atoms with Crippen molar-refractivity contribution in [2.45, 2.75) is 13.8 Å². The predicted molar refractivity (Wildman–Crippen MR) is 57.4 cm³/mol. The number of hydrogen-bond donors (Lipinski definition) is 1. The van der Waals surface area contributed by atoms with Gasteiger partial charge in [0.1, 0.15) is 0 Å². The second-order valence-electron chi connectivity index (χ2n) is 5.10. The molecule has 0 spiro atoms. The zero-order valence-corrected chi connectivity index (χ0v) is 9.38. The summed E-state index contributed by atoms with van der Waals surface area (Å²) in [5.74, 6) is 0.759. The molecular formula is C11H22N2O. The SMILES string of the molecule is CC(CN1CCNCC1)C1(C)COC1. The van der Waals surface area contributed by atoms with Crippen LogP contribution in [0.3, 0.4) is 0 Å². The zero-order valence-electron chi connectivity index (χ0n) is 9.38. The van der Waals surface area contributed by atoms with Crippen molar-refractivity contribution < 1.29 is 4.74 Å². The van der Waals surface area contributed by atoms with Crippen LogP contribution in [0.4, 0.5) is 0 Å². The lowest BCUT2D eigenvalue weighted by molar-refractivity contribution is -0.135. The summed E-state index contributed by atoms with van der Waals surface area (Å²) in [6, 6.07) is 0. The minimum absolute atomic E-state index is 0.449. The van der Waals surface area contributed by atoms with Gasteiger partial charge >= 0.3 is 0 Å². The van der Waals surface area contributed by atoms with E-state index in [1.165, 1.54) is 19.6 Å². The average molecular weight is 198 g/mol. The molecule has 0 aromatic rings. The molecule has 82 valence electrons. The Balaban J connectivity index is 1.78. The van der Waals surface area contributed by atoms with Gasteiger partial charge in [0, 0.05) is 38.1 Å². The third kappa shape index (κ3) is 2.10. The number of ether oxygens (including phenoxy) is 1. The van der Waals surface area contributed by atoms with E-state index in [2.05, 4.69) is 24.1 Å². The third-order valence-corrected chi connectivity index (χ3v) is 3.79. The molecule has 3 heteroatoms. The van der Waals surface area contributed by atoms with E-state index in [0.29, 0.717) is 5.41 Å². The van der Waals surface area contributed by atoms with E-state index in [4.69, 9.17) is 4.74 Å². The van der Waals surface area contributed by atoms with Crippen LogP contribution < -0.4 is 5.32 Å². The number of rotatable bonds is 3. The summed E-state index contributed by atoms with van der Waals surface area (Å²) in [5, 5.41) is 3.39. The summed E-state index contributed by atoms with van der Waals surface area (Å²) in [6.07, 6.45) is 0. The summed E-state index contributed by atoms with van der Waals surface area (Å²) >= 11 is 0. The van der Waals surface area contributed by atoms with Gasteiger partial charge in [-0.25, -0.2) is 0 Å². The first-order valence-electron chi connectivity index (χ1n) is 5.71. The molecule has 0 saturated carbocycles. The fraction of sp³-hybridized carbons (Fsp3) is 1.00. The fourth-order valence-corrected chi connectivity index (χ4v) is 2.21. The maximum absolute atomic E-state index is 5.32. The summed E-state index contributed by atoms with van der Waals surface area (Å²) in [5.41, 5.74) is 0.449. The van der Waals surface area contributed by atoms with Crippen molar-refractivity contribution in [1.82, 2.24) is 10.2 Å². The van der Waals surface area contributed by atoms with E-state index in [9.17, 15) is 0 Å². The van der Waals surface area contributed by atoms with E-state index < -0.39 is 0 Å². The second kappa shape index (κ2) is 4.17. The molecule has 2 aliphatic heterocycles. The molecule has 0 aromatic heterocycles. The van der Waals surface area contributed by atoms with Gasteiger partial charge in [-0.2, -0.15) is 0 Å². The summed E-state index contributed by atoms with van der Waals surface area (Å²) in [6.45, 7) is 12.6. The molecule has 14 heavy (non-hydrogen) atoms. The highest BCUT2D eigenvalue weighted by molar-refractivity contribution is 4.87. The van der Waals surface area contributed by atoms with Gasteiger partial charge in [-0.3, -0.25) is 0 Å². The number of piperazine rings is 1. The zero-order chi connectivity index (χ0) is 10.0. The van der Waals surface area contributed by atoms with Crippen molar-refractivity contribution in [1.29, 1.82) is 0 Å². The van der Waals surface area contributed by atoms with Crippen LogP contribution in [0.5, 0.6) is 0 Å². The van der Waals surface area contributed by atoms with Crippen molar-refractivity contribution in [3.63, 3.8) is 0 Å². The van der Waals surface area contributed by atoms with Crippen LogP contribution >= 0.6 is 0 Å². The lowest BCUT2D eigenvalue weighted by Crippen LogP contribution is -2.51. The van der Waals surface area contributed by atoms with Crippen molar-refractivity contribution in [2.75, 3.05) is 45.9 Å². The van der Waals surface area contributed by atoms with Crippen LogP contribution in [0.15, 0.2) is 0 Å². The van der Waals surface area contributed by atoms with E-state index in [1.807, 2.05) is 0 Å². The Morgan fingerprint density at radius 3 is 2.50 bits per heavy atom. The van der Waals surface area contributed by atoms with Crippen LogP contribution in [-0.2, 0) is 4.74 Å². The molecule has 2 heterocycles. The first-order chi connectivity index (χ1) is 6.71. The molecule has 2 aliphatic rings. The highest BCUT2D eigenvalue weighted by atomic mass is 16.5. The molecule has 1 N–H and O–H groups in total. The molecule has 1 atom stereocenters. The van der Waals surface area contributed by atoms with E-state index >= 15 is 0 Å². The molecule has 2 rings (SSSR count). The van der Waals surface area contributed by atoms with Crippen LogP contribution in [0.25, 0.3) is 0 Å². The van der Waals surface area contributed by atoms with Gasteiger partial charge in [-0.1, -0.05) is 13.8 Å². The quantitative estimate of drug-likeness (QED) is 0.717. The van der Waals surface area contributed by atoms with Gasteiger partial charge in [0.2, 0.25) is 0 Å². The summed E-state index contributed by atoms with van der Waals surface area (Å²) < 4.78 is 5.32. The maximum atomic E-state index is 5.32. The molecule has 0 aromatic carbocycles. The lowest BCUT2D eigenvalue weighted by atomic mass is 9.76. The second-order valence-corrected chi connectivity index (χ2v) is 5.10. The summed E-state index contributed by atoms with van der Waals surface area (Å²) in [7, 11) is 0. The van der Waals surface area contributed by atoms with Gasteiger partial charge in [-0.15, -0.1) is 0 Å². The smallest absolute Gasteiger partial charge is 0.0545 e. The van der Waals surface area contributed by atoms with Gasteiger partial charge in [0.15, 0.2) is 0 Å². The topological polar surface area (TPSA) is 24.5 Å². The molecule has 0 bridgehead atoms. The standard InChI is InChI=1S/C11H22N2O/c1-10(11(2)8-14-9-11)7-13-5-3-12-4-6-13/h10,12H,3-9H2,1-2H3. The normalized spacial score (nSPS) is 29.6. The molecular weight excluding hydrogens is 176 g/mol. The Morgan fingerprint density at radius 2 is 2.00 bits per heavy atom. The molecule has 2 saturated heterocycles. The molecule has 0 amide bonds. The third-order valence-electron chi connectivity index (χ3n) is 3.79. The fourth-order valence-electron chi connectivity index (χ4n) is 2.21. The van der Waals surface area contributed by atoms with Crippen LogP contribution in [0.1, 0.15) is 13.8 Å². The van der Waals surface area contributed by atoms with Crippen LogP contribution in [0.2, 0.25) is 0 Å². The number of nitrogens with one attached hydrogen (secondary N) is 1. The lowest BCUT2D eigenvalue weighted by Gasteiger charge is -2.45. The Labute approximate surface area is 86.8 Å². The minimum Gasteiger partial charge on any atom is -0.380 e. The molecule has 0 radical (unpaired) electrons. The molecule has 1 unspecified atom stereocenters. The minimum atomic E-state index is 0.449. The monoisotopic (exact) mass is 198 g/mol. The first-order valence-corrected chi connectivity index (χ1v) is 5.71. The number of nitrogens with zero attached hydrogens (tertiary/aromatic N) is 1. The van der Waals surface area contributed by atoms with Gasteiger partial charge in [-0.05, 0) is 5.92 Å². The van der Waals surface area contributed by atoms with Gasteiger partial charge in [0.25, 0.3) is 0 Å². The highest BCUT2D eigenvalue weighted by Crippen LogP contribution is 2.35. The molecule has 0 aliphatic carbocycles. The number of hydrogen-bond acceptors (Lipinski definition) is 3. The van der Waals surface area contributed by atoms with Gasteiger partial charge < -0.3 is 15.0 Å². The van der Waals surface area contributed by atoms with Crippen LogP contribution in [0, 0.1) is 11.3 Å². The highest BCUT2D eigenvalue weighted by Gasteiger charge is 2.39. The van der Waals surface area contributed by atoms with Crippen molar-refractivity contribution >= 4 is 0 Å². The first kappa shape index (κ1) is 10.4. The van der Waals surface area contributed by atoms with E-state index in [1.54, 1.807) is 0 Å². The average Bonchev–Trinajstić information content (AvgIpc) is 2.15. The van der Waals surface area contributed by atoms with Gasteiger partial charge in [0.05, 0.1) is 13.2 Å². The van der Waals surface area contributed by atoms with Crippen molar-refractivity contribution in [3.8, 4) is 0 Å². The molecule has 2 fully saturated rings. The molecule has 3 nitrogen and oxygen atoms in total. The Bertz CT molecular complexity index is 186. The van der Waals surface area contributed by atoms with Crippen molar-refractivity contribution in [3.05, 3.63) is 0 Å². The predicted octanol–water partition coefficient (Wildman–Crippen LogP) is 0.564. The summed E-state index contributed by atoms with van der Waals surface area (Å²) in [4.78, 5) is 2.57. The van der Waals surface area contributed by atoms with E-state index in [0.717, 1.165) is 32.2 Å².